The summed E-state index contributed by atoms with van der Waals surface area (Å²) in [5.41, 5.74) is 0. The van der Waals surface area contributed by atoms with E-state index in [0.717, 1.165) is 26.1 Å². The Labute approximate surface area is 95.4 Å². The van der Waals surface area contributed by atoms with Gasteiger partial charge in [0.05, 0.1) is 0 Å². The van der Waals surface area contributed by atoms with Crippen LogP contribution in [0.15, 0.2) is 0 Å². The third-order valence-electron chi connectivity index (χ3n) is 2.68. The van der Waals surface area contributed by atoms with E-state index in [-0.39, 0.29) is 6.04 Å². The number of piperazine rings is 1. The van der Waals surface area contributed by atoms with Gasteiger partial charge in [-0.25, -0.2) is 0 Å². The average Bonchev–Trinajstić information content (AvgIpc) is 2.25. The summed E-state index contributed by atoms with van der Waals surface area (Å²) >= 11 is 1.85. The van der Waals surface area contributed by atoms with Gasteiger partial charge in [-0.15, -0.1) is 0 Å². The highest BCUT2D eigenvalue weighted by Gasteiger charge is 2.27. The van der Waals surface area contributed by atoms with Gasteiger partial charge in [0.1, 0.15) is 6.04 Å². The second-order valence-electron chi connectivity index (χ2n) is 3.79. The molecule has 15 heavy (non-hydrogen) atoms. The first kappa shape index (κ1) is 12.8. The Bertz CT molecular complexity index is 202. The largest absolute Gasteiger partial charge is 0.480 e. The van der Waals surface area contributed by atoms with Crippen LogP contribution in [0.4, 0.5) is 0 Å². The SMILES string of the molecule is CSCCCCN1CCNCC1C(=O)O. The molecule has 0 spiro atoms. The smallest absolute Gasteiger partial charge is 0.322 e. The van der Waals surface area contributed by atoms with E-state index in [2.05, 4.69) is 16.5 Å². The van der Waals surface area contributed by atoms with Gasteiger partial charge in [-0.2, -0.15) is 11.8 Å². The minimum atomic E-state index is -0.702. The van der Waals surface area contributed by atoms with Gasteiger partial charge >= 0.3 is 5.97 Å². The predicted molar refractivity (Wildman–Crippen MR) is 63.5 cm³/mol. The molecule has 1 atom stereocenters. The third kappa shape index (κ3) is 4.40. The van der Waals surface area contributed by atoms with E-state index in [9.17, 15) is 4.79 Å². The Hall–Kier alpha value is -0.260. The number of carboxylic acid groups (broad SMARTS) is 1. The molecule has 2 N–H and O–H groups in total. The van der Waals surface area contributed by atoms with Crippen LogP contribution in [0, 0.1) is 0 Å². The molecule has 0 radical (unpaired) electrons. The minimum Gasteiger partial charge on any atom is -0.480 e. The van der Waals surface area contributed by atoms with Crippen molar-refractivity contribution in [2.24, 2.45) is 0 Å². The lowest BCUT2D eigenvalue weighted by Crippen LogP contribution is -2.55. The lowest BCUT2D eigenvalue weighted by molar-refractivity contribution is -0.143. The van der Waals surface area contributed by atoms with Crippen LogP contribution < -0.4 is 5.32 Å². The zero-order valence-electron chi connectivity index (χ0n) is 9.24. The second-order valence-corrected chi connectivity index (χ2v) is 4.78. The van der Waals surface area contributed by atoms with E-state index in [4.69, 9.17) is 5.11 Å². The molecular weight excluding hydrogens is 212 g/mol. The lowest BCUT2D eigenvalue weighted by Gasteiger charge is -2.33. The summed E-state index contributed by atoms with van der Waals surface area (Å²) < 4.78 is 0. The molecule has 0 aromatic carbocycles. The van der Waals surface area contributed by atoms with Gasteiger partial charge in [0.15, 0.2) is 0 Å². The second kappa shape index (κ2) is 7.09. The average molecular weight is 232 g/mol. The predicted octanol–water partition coefficient (Wildman–Crippen LogP) is 0.488. The highest BCUT2D eigenvalue weighted by atomic mass is 32.2. The monoisotopic (exact) mass is 232 g/mol. The fourth-order valence-corrected chi connectivity index (χ4v) is 2.31. The summed E-state index contributed by atoms with van der Waals surface area (Å²) in [6.45, 7) is 3.26. The summed E-state index contributed by atoms with van der Waals surface area (Å²) in [6, 6.07) is -0.326. The zero-order valence-corrected chi connectivity index (χ0v) is 10.1. The topological polar surface area (TPSA) is 52.6 Å². The van der Waals surface area contributed by atoms with Crippen LogP contribution in [0.1, 0.15) is 12.8 Å². The van der Waals surface area contributed by atoms with Crippen molar-refractivity contribution >= 4 is 17.7 Å². The quantitative estimate of drug-likeness (QED) is 0.653. The molecule has 0 bridgehead atoms. The summed E-state index contributed by atoms with van der Waals surface area (Å²) in [7, 11) is 0. The fourth-order valence-electron chi connectivity index (χ4n) is 1.82. The molecule has 0 aromatic heterocycles. The molecule has 1 heterocycles. The Morgan fingerprint density at radius 1 is 1.60 bits per heavy atom. The number of unbranched alkanes of at least 4 members (excludes halogenated alkanes) is 1. The van der Waals surface area contributed by atoms with Crippen molar-refractivity contribution < 1.29 is 9.90 Å². The molecule has 4 nitrogen and oxygen atoms in total. The molecule has 0 aliphatic carbocycles. The summed E-state index contributed by atoms with van der Waals surface area (Å²) in [6.07, 6.45) is 4.38. The van der Waals surface area contributed by atoms with Crippen molar-refractivity contribution in [3.8, 4) is 0 Å². The van der Waals surface area contributed by atoms with Crippen molar-refractivity contribution in [2.75, 3.05) is 38.2 Å². The van der Waals surface area contributed by atoms with Crippen LogP contribution >= 0.6 is 11.8 Å². The van der Waals surface area contributed by atoms with Crippen molar-refractivity contribution in [3.63, 3.8) is 0 Å². The molecule has 1 unspecified atom stereocenters. The Morgan fingerprint density at radius 3 is 3.07 bits per heavy atom. The first-order chi connectivity index (χ1) is 7.25. The molecule has 1 aliphatic rings. The first-order valence-electron chi connectivity index (χ1n) is 5.42. The van der Waals surface area contributed by atoms with Crippen molar-refractivity contribution in [3.05, 3.63) is 0 Å². The van der Waals surface area contributed by atoms with Gasteiger partial charge in [0.2, 0.25) is 0 Å². The van der Waals surface area contributed by atoms with Crippen LogP contribution in [0.2, 0.25) is 0 Å². The van der Waals surface area contributed by atoms with Crippen LogP contribution in [0.25, 0.3) is 0 Å². The molecule has 0 saturated carbocycles. The molecular formula is C10H20N2O2S. The lowest BCUT2D eigenvalue weighted by atomic mass is 10.1. The van der Waals surface area contributed by atoms with E-state index >= 15 is 0 Å². The van der Waals surface area contributed by atoms with Gasteiger partial charge in [-0.05, 0) is 31.4 Å². The number of nitrogens with zero attached hydrogens (tertiary/aromatic N) is 1. The normalized spacial score (nSPS) is 22.9. The highest BCUT2D eigenvalue weighted by Crippen LogP contribution is 2.07. The summed E-state index contributed by atoms with van der Waals surface area (Å²) in [4.78, 5) is 13.1. The third-order valence-corrected chi connectivity index (χ3v) is 3.38. The zero-order chi connectivity index (χ0) is 11.1. The molecule has 0 amide bonds. The van der Waals surface area contributed by atoms with Crippen LogP contribution in [0.3, 0.4) is 0 Å². The maximum atomic E-state index is 11.0. The highest BCUT2D eigenvalue weighted by molar-refractivity contribution is 7.98. The number of hydrogen-bond donors (Lipinski definition) is 2. The Balaban J connectivity index is 2.26. The molecule has 0 aromatic rings. The van der Waals surface area contributed by atoms with E-state index in [1.807, 2.05) is 11.8 Å². The Morgan fingerprint density at radius 2 is 2.40 bits per heavy atom. The molecule has 88 valence electrons. The molecule has 1 rings (SSSR count). The maximum absolute atomic E-state index is 11.0. The number of carbonyl (C=O) groups is 1. The number of aliphatic carboxylic acids is 1. The van der Waals surface area contributed by atoms with Crippen LogP contribution in [0.5, 0.6) is 0 Å². The van der Waals surface area contributed by atoms with Gasteiger partial charge in [0, 0.05) is 19.6 Å². The van der Waals surface area contributed by atoms with E-state index in [0.29, 0.717) is 6.54 Å². The van der Waals surface area contributed by atoms with Crippen molar-refractivity contribution in [1.29, 1.82) is 0 Å². The first-order valence-corrected chi connectivity index (χ1v) is 6.81. The Kier molecular flexibility index (Phi) is 6.05. The summed E-state index contributed by atoms with van der Waals surface area (Å²) in [5.74, 6) is 0.469. The maximum Gasteiger partial charge on any atom is 0.322 e. The summed E-state index contributed by atoms with van der Waals surface area (Å²) in [5, 5.41) is 12.1. The number of rotatable bonds is 6. The minimum absolute atomic E-state index is 0.326. The number of carboxylic acids is 1. The van der Waals surface area contributed by atoms with Gasteiger partial charge < -0.3 is 10.4 Å². The van der Waals surface area contributed by atoms with Gasteiger partial charge in [-0.1, -0.05) is 0 Å². The standard InChI is InChI=1S/C10H20N2O2S/c1-15-7-3-2-5-12-6-4-11-8-9(12)10(13)14/h9,11H,2-8H2,1H3,(H,13,14). The van der Waals surface area contributed by atoms with Crippen LogP contribution in [-0.2, 0) is 4.79 Å². The van der Waals surface area contributed by atoms with Gasteiger partial charge in [-0.3, -0.25) is 9.69 Å². The fraction of sp³-hybridized carbons (Fsp3) is 0.900. The van der Waals surface area contributed by atoms with Crippen molar-refractivity contribution in [1.82, 2.24) is 10.2 Å². The number of hydrogen-bond acceptors (Lipinski definition) is 4. The van der Waals surface area contributed by atoms with E-state index in [1.54, 1.807) is 0 Å². The molecule has 1 aliphatic heterocycles. The van der Waals surface area contributed by atoms with E-state index in [1.165, 1.54) is 12.2 Å². The van der Waals surface area contributed by atoms with Crippen LogP contribution in [-0.4, -0.2) is 60.2 Å². The van der Waals surface area contributed by atoms with Crippen molar-refractivity contribution in [2.45, 2.75) is 18.9 Å². The number of nitrogens with one attached hydrogen (secondary N) is 1. The molecule has 1 fully saturated rings. The van der Waals surface area contributed by atoms with Gasteiger partial charge in [0.25, 0.3) is 0 Å². The van der Waals surface area contributed by atoms with E-state index < -0.39 is 5.97 Å². The molecule has 5 heteroatoms. The molecule has 1 saturated heterocycles. The number of thioether (sulfide) groups is 1.